The van der Waals surface area contributed by atoms with Crippen LogP contribution in [0.15, 0.2) is 35.2 Å². The van der Waals surface area contributed by atoms with E-state index in [-0.39, 0.29) is 11.8 Å². The molecule has 0 bridgehead atoms. The molecule has 1 aliphatic rings. The van der Waals surface area contributed by atoms with Crippen molar-refractivity contribution in [2.24, 2.45) is 5.92 Å². The molecule has 0 aliphatic carbocycles. The highest BCUT2D eigenvalue weighted by atomic mass is 32.2. The first-order valence-electron chi connectivity index (χ1n) is 9.94. The summed E-state index contributed by atoms with van der Waals surface area (Å²) in [6.07, 6.45) is 1.93. The van der Waals surface area contributed by atoms with Crippen molar-refractivity contribution in [3.05, 3.63) is 30.3 Å². The number of benzene rings is 1. The van der Waals surface area contributed by atoms with Gasteiger partial charge in [0.1, 0.15) is 0 Å². The number of nitrogens with one attached hydrogen (secondary N) is 1. The van der Waals surface area contributed by atoms with Gasteiger partial charge in [-0.25, -0.2) is 8.42 Å². The van der Waals surface area contributed by atoms with Gasteiger partial charge in [-0.05, 0) is 50.9 Å². The maximum Gasteiger partial charge on any atom is 0.243 e. The molecule has 1 fully saturated rings. The molecule has 2 rings (SSSR count). The number of nitrogens with zero attached hydrogens (tertiary/aromatic N) is 2. The van der Waals surface area contributed by atoms with E-state index in [1.807, 2.05) is 6.07 Å². The van der Waals surface area contributed by atoms with Gasteiger partial charge in [0.15, 0.2) is 0 Å². The smallest absolute Gasteiger partial charge is 0.243 e. The molecule has 0 radical (unpaired) electrons. The third kappa shape index (κ3) is 6.02. The van der Waals surface area contributed by atoms with Gasteiger partial charge in [-0.3, -0.25) is 9.69 Å². The number of likely N-dealkylation sites (N-methyl/N-ethyl adjacent to an activating group) is 1. The molecule has 1 heterocycles. The second kappa shape index (κ2) is 10.2. The van der Waals surface area contributed by atoms with Crippen molar-refractivity contribution < 1.29 is 13.2 Å². The summed E-state index contributed by atoms with van der Waals surface area (Å²) in [6, 6.07) is 8.87. The Morgan fingerprint density at radius 3 is 2.33 bits per heavy atom. The SMILES string of the molecule is CCN(CC)C(C)CNC(=O)CC1CCN(S(=O)(=O)c2ccccc2)CC1. The van der Waals surface area contributed by atoms with E-state index in [1.165, 1.54) is 0 Å². The zero-order valence-electron chi connectivity index (χ0n) is 16.7. The minimum absolute atomic E-state index is 0.0679. The summed E-state index contributed by atoms with van der Waals surface area (Å²) in [6.45, 7) is 9.93. The van der Waals surface area contributed by atoms with Crippen LogP contribution in [0, 0.1) is 5.92 Å². The third-order valence-electron chi connectivity index (χ3n) is 5.46. The number of carbonyl (C=O) groups is 1. The van der Waals surface area contributed by atoms with Crippen molar-refractivity contribution in [2.45, 2.75) is 51.0 Å². The molecule has 0 spiro atoms. The van der Waals surface area contributed by atoms with Crippen LogP contribution in [-0.4, -0.2) is 62.3 Å². The molecule has 7 heteroatoms. The van der Waals surface area contributed by atoms with Crippen LogP contribution in [0.3, 0.4) is 0 Å². The van der Waals surface area contributed by atoms with Crippen LogP contribution in [0.2, 0.25) is 0 Å². The zero-order valence-corrected chi connectivity index (χ0v) is 17.5. The average molecular weight is 396 g/mol. The molecule has 1 unspecified atom stereocenters. The van der Waals surface area contributed by atoms with Crippen LogP contribution in [-0.2, 0) is 14.8 Å². The topological polar surface area (TPSA) is 69.7 Å². The predicted molar refractivity (Wildman–Crippen MR) is 108 cm³/mol. The van der Waals surface area contributed by atoms with Gasteiger partial charge < -0.3 is 5.32 Å². The van der Waals surface area contributed by atoms with Gasteiger partial charge in [-0.2, -0.15) is 4.31 Å². The summed E-state index contributed by atoms with van der Waals surface area (Å²) in [4.78, 5) is 14.9. The van der Waals surface area contributed by atoms with Crippen molar-refractivity contribution in [2.75, 3.05) is 32.7 Å². The summed E-state index contributed by atoms with van der Waals surface area (Å²) in [5.41, 5.74) is 0. The molecule has 27 heavy (non-hydrogen) atoms. The number of hydrogen-bond donors (Lipinski definition) is 1. The number of rotatable bonds is 9. The van der Waals surface area contributed by atoms with E-state index in [0.717, 1.165) is 25.9 Å². The molecule has 0 saturated carbocycles. The summed E-state index contributed by atoms with van der Waals surface area (Å²) in [5, 5.41) is 3.03. The van der Waals surface area contributed by atoms with E-state index in [9.17, 15) is 13.2 Å². The lowest BCUT2D eigenvalue weighted by Crippen LogP contribution is -2.43. The highest BCUT2D eigenvalue weighted by molar-refractivity contribution is 7.89. The minimum atomic E-state index is -3.42. The van der Waals surface area contributed by atoms with Crippen LogP contribution in [0.4, 0.5) is 0 Å². The lowest BCUT2D eigenvalue weighted by Gasteiger charge is -2.31. The zero-order chi connectivity index (χ0) is 19.9. The van der Waals surface area contributed by atoms with Gasteiger partial charge in [0.05, 0.1) is 4.90 Å². The van der Waals surface area contributed by atoms with E-state index < -0.39 is 10.0 Å². The van der Waals surface area contributed by atoms with Gasteiger partial charge >= 0.3 is 0 Å². The Kier molecular flexibility index (Phi) is 8.26. The standard InChI is InChI=1S/C20H33N3O3S/c1-4-22(5-2)17(3)16-21-20(24)15-18-11-13-23(14-12-18)27(25,26)19-9-7-6-8-10-19/h6-10,17-18H,4-5,11-16H2,1-3H3,(H,21,24). The Bertz CT molecular complexity index is 682. The highest BCUT2D eigenvalue weighted by Crippen LogP contribution is 2.25. The number of amides is 1. The van der Waals surface area contributed by atoms with E-state index in [2.05, 4.69) is 31.0 Å². The summed E-state index contributed by atoms with van der Waals surface area (Å²) < 4.78 is 26.9. The monoisotopic (exact) mass is 395 g/mol. The molecule has 1 aromatic carbocycles. The van der Waals surface area contributed by atoms with Crippen LogP contribution >= 0.6 is 0 Å². The van der Waals surface area contributed by atoms with Crippen molar-refractivity contribution >= 4 is 15.9 Å². The van der Waals surface area contributed by atoms with E-state index in [4.69, 9.17) is 0 Å². The second-order valence-corrected chi connectivity index (χ2v) is 9.18. The van der Waals surface area contributed by atoms with Gasteiger partial charge in [0.25, 0.3) is 0 Å². The fourth-order valence-electron chi connectivity index (χ4n) is 3.67. The summed E-state index contributed by atoms with van der Waals surface area (Å²) in [7, 11) is -3.42. The minimum Gasteiger partial charge on any atom is -0.355 e. The normalized spacial score (nSPS) is 17.8. The van der Waals surface area contributed by atoms with Crippen molar-refractivity contribution in [1.82, 2.24) is 14.5 Å². The summed E-state index contributed by atoms with van der Waals surface area (Å²) in [5.74, 6) is 0.314. The van der Waals surface area contributed by atoms with Crippen LogP contribution < -0.4 is 5.32 Å². The lowest BCUT2D eigenvalue weighted by molar-refractivity contribution is -0.122. The maximum absolute atomic E-state index is 12.7. The quantitative estimate of drug-likeness (QED) is 0.697. The van der Waals surface area contributed by atoms with Crippen LogP contribution in [0.5, 0.6) is 0 Å². The molecular weight excluding hydrogens is 362 g/mol. The molecule has 1 N–H and O–H groups in total. The molecule has 1 saturated heterocycles. The van der Waals surface area contributed by atoms with Crippen molar-refractivity contribution in [1.29, 1.82) is 0 Å². The first kappa shape index (κ1) is 21.9. The molecule has 1 aromatic rings. The number of piperidine rings is 1. The number of carbonyl (C=O) groups excluding carboxylic acids is 1. The van der Waals surface area contributed by atoms with Gasteiger partial charge in [-0.15, -0.1) is 0 Å². The second-order valence-electron chi connectivity index (χ2n) is 7.24. The Labute approximate surface area is 164 Å². The fourth-order valence-corrected chi connectivity index (χ4v) is 5.16. The van der Waals surface area contributed by atoms with Crippen molar-refractivity contribution in [3.63, 3.8) is 0 Å². The molecule has 152 valence electrons. The van der Waals surface area contributed by atoms with Crippen LogP contribution in [0.25, 0.3) is 0 Å². The molecule has 1 aliphatic heterocycles. The molecule has 1 amide bonds. The van der Waals surface area contributed by atoms with E-state index in [0.29, 0.717) is 37.0 Å². The first-order chi connectivity index (χ1) is 12.9. The fraction of sp³-hybridized carbons (Fsp3) is 0.650. The molecule has 0 aromatic heterocycles. The van der Waals surface area contributed by atoms with E-state index in [1.54, 1.807) is 28.6 Å². The third-order valence-corrected chi connectivity index (χ3v) is 7.37. The molecule has 1 atom stereocenters. The number of sulfonamides is 1. The Morgan fingerprint density at radius 1 is 1.19 bits per heavy atom. The predicted octanol–water partition coefficient (Wildman–Crippen LogP) is 2.32. The molecular formula is C20H33N3O3S. The summed E-state index contributed by atoms with van der Waals surface area (Å²) >= 11 is 0. The largest absolute Gasteiger partial charge is 0.355 e. The van der Waals surface area contributed by atoms with Crippen molar-refractivity contribution in [3.8, 4) is 0 Å². The Hall–Kier alpha value is -1.44. The first-order valence-corrected chi connectivity index (χ1v) is 11.4. The average Bonchev–Trinajstić information content (AvgIpc) is 2.68. The van der Waals surface area contributed by atoms with Gasteiger partial charge in [-0.1, -0.05) is 32.0 Å². The molecule has 6 nitrogen and oxygen atoms in total. The Morgan fingerprint density at radius 2 is 1.78 bits per heavy atom. The maximum atomic E-state index is 12.7. The van der Waals surface area contributed by atoms with Gasteiger partial charge in [0, 0.05) is 32.1 Å². The number of hydrogen-bond acceptors (Lipinski definition) is 4. The Balaban J connectivity index is 1.78. The van der Waals surface area contributed by atoms with Crippen LogP contribution in [0.1, 0.15) is 40.0 Å². The van der Waals surface area contributed by atoms with Gasteiger partial charge in [0.2, 0.25) is 15.9 Å². The highest BCUT2D eigenvalue weighted by Gasteiger charge is 2.30. The van der Waals surface area contributed by atoms with E-state index >= 15 is 0 Å². The lowest BCUT2D eigenvalue weighted by atomic mass is 9.94.